The van der Waals surface area contributed by atoms with Crippen molar-refractivity contribution in [2.75, 3.05) is 0 Å². The van der Waals surface area contributed by atoms with Gasteiger partial charge in [0, 0.05) is 142 Å². The van der Waals surface area contributed by atoms with E-state index in [-0.39, 0.29) is 142 Å². The van der Waals surface area contributed by atoms with Crippen molar-refractivity contribution in [2.24, 2.45) is 0 Å². The summed E-state index contributed by atoms with van der Waals surface area (Å²) in [6.45, 7) is 0. The van der Waals surface area contributed by atoms with Gasteiger partial charge in [0.25, 0.3) is 0 Å². The van der Waals surface area contributed by atoms with Gasteiger partial charge in [0.15, 0.2) is 0 Å². The Hall–Kier alpha value is 4.52. The molecule has 0 saturated heterocycles. The van der Waals surface area contributed by atoms with Gasteiger partial charge in [-0.05, 0) is 0 Å². The van der Waals surface area contributed by atoms with Crippen molar-refractivity contribution < 1.29 is 131 Å². The van der Waals surface area contributed by atoms with E-state index >= 15 is 0 Å². The van der Waals surface area contributed by atoms with Gasteiger partial charge >= 0.3 is 0 Å². The van der Waals surface area contributed by atoms with Crippen LogP contribution in [0.25, 0.3) is 0 Å². The molecule has 34 valence electrons. The number of hydrogen-bond acceptors (Lipinski definition) is 0. The van der Waals surface area contributed by atoms with E-state index in [2.05, 4.69) is 0 Å². The average Bonchev–Trinajstić information content (AvgIpc) is 0. The summed E-state index contributed by atoms with van der Waals surface area (Å²) < 4.78 is 0. The minimum atomic E-state index is 0. The maximum atomic E-state index is 0. The molecule has 7 heteroatoms. The van der Waals surface area contributed by atoms with Crippen LogP contribution in [0.1, 0.15) is 0 Å². The first kappa shape index (κ1) is 62.4. The van der Waals surface area contributed by atoms with Crippen molar-refractivity contribution in [1.29, 1.82) is 0 Å². The van der Waals surface area contributed by atoms with Gasteiger partial charge in [0.2, 0.25) is 0 Å². The van der Waals surface area contributed by atoms with Crippen LogP contribution in [-0.4, -0.2) is 11.0 Å². The summed E-state index contributed by atoms with van der Waals surface area (Å²) in [5, 5.41) is 0. The summed E-state index contributed by atoms with van der Waals surface area (Å²) in [5.41, 5.74) is 0. The fraction of sp³-hybridized carbons (Fsp3) is 0. The van der Waals surface area contributed by atoms with E-state index in [1.54, 1.807) is 0 Å². The Morgan fingerprint density at radius 1 is 1.00 bits per heavy atom. The van der Waals surface area contributed by atoms with Gasteiger partial charge in [-0.1, -0.05) is 0 Å². The van der Waals surface area contributed by atoms with E-state index in [0.29, 0.717) is 0 Å². The second-order valence-corrected chi connectivity index (χ2v) is 0. The molecule has 6 radical (unpaired) electrons. The van der Waals surface area contributed by atoms with Crippen molar-refractivity contribution in [1.82, 2.24) is 0 Å². The molecule has 0 rings (SSSR count). The second kappa shape index (κ2) is 46.7. The molecule has 0 aliphatic rings. The van der Waals surface area contributed by atoms with Crippen LogP contribution in [0.2, 0.25) is 0 Å². The van der Waals surface area contributed by atoms with Crippen molar-refractivity contribution in [3.8, 4) is 0 Å². The minimum absolute atomic E-state index is 0. The number of hydrogen-bond donors (Lipinski definition) is 0. The zero-order chi connectivity index (χ0) is 0. The zero-order valence-electron chi connectivity index (χ0n) is 3.21. The summed E-state index contributed by atoms with van der Waals surface area (Å²) in [4.78, 5) is 0. The minimum Gasteiger partial charge on any atom is 0 e. The predicted octanol–water partition coefficient (Wildman–Crippen LogP) is -0.396. The smallest absolute Gasteiger partial charge is 0 e. The van der Waals surface area contributed by atoms with E-state index in [4.69, 9.17) is 0 Å². The molecule has 0 bridgehead atoms. The zero-order valence-corrected chi connectivity index (χ0v) is 17.9. The molecule has 0 N–H and O–H groups in total. The largest absolute Gasteiger partial charge is 0 e. The molecule has 0 aromatic heterocycles. The fourth-order valence-corrected chi connectivity index (χ4v) is 0. The van der Waals surface area contributed by atoms with Crippen LogP contribution in [0.3, 0.4) is 0 Å². The summed E-state index contributed by atoms with van der Waals surface area (Å²) in [5.74, 6) is 0. The third kappa shape index (κ3) is 37.4. The standard InChI is InChI=1S/Cr.Nb.Si.Ta.Ti.W.Zr. The molecule has 0 atom stereocenters. The van der Waals surface area contributed by atoms with Gasteiger partial charge in [-0.25, -0.2) is 0 Å². The Morgan fingerprint density at radius 2 is 1.00 bits per heavy atom. The molecule has 0 aliphatic heterocycles. The normalized spacial score (nSPS) is 0. The summed E-state index contributed by atoms with van der Waals surface area (Å²) in [6, 6.07) is 0. The first-order valence-electron chi connectivity index (χ1n) is 0. The molecule has 0 saturated carbocycles. The maximum Gasteiger partial charge on any atom is 0 e. The van der Waals surface area contributed by atoms with E-state index in [1.165, 1.54) is 0 Å². The van der Waals surface area contributed by atoms with Crippen LogP contribution < -0.4 is 0 Å². The van der Waals surface area contributed by atoms with E-state index in [0.717, 1.165) is 0 Å². The topological polar surface area (TPSA) is 0 Å². The molecule has 0 aromatic carbocycles. The Bertz CT molecular complexity index is 19.7. The third-order valence-corrected chi connectivity index (χ3v) is 0. The first-order chi connectivity index (χ1) is 0. The molecule has 0 heterocycles. The summed E-state index contributed by atoms with van der Waals surface area (Å²) in [7, 11) is 0. The molecule has 0 fully saturated rings. The van der Waals surface area contributed by atoms with Gasteiger partial charge in [0.1, 0.15) is 0 Å². The first-order valence-corrected chi connectivity index (χ1v) is 0. The van der Waals surface area contributed by atoms with Gasteiger partial charge in [-0.2, -0.15) is 0 Å². The summed E-state index contributed by atoms with van der Waals surface area (Å²) in [6.07, 6.45) is 0. The van der Waals surface area contributed by atoms with Gasteiger partial charge in [0.05, 0.1) is 0 Å². The van der Waals surface area contributed by atoms with Crippen LogP contribution in [0.4, 0.5) is 0 Å². The monoisotopic (exact) mass is 676 g/mol. The van der Waals surface area contributed by atoms with Crippen LogP contribution in [-0.2, 0) is 131 Å². The molecule has 0 nitrogen and oxygen atoms in total. The Labute approximate surface area is 139 Å². The van der Waals surface area contributed by atoms with Crippen molar-refractivity contribution in [3.63, 3.8) is 0 Å². The Kier molecular flexibility index (Phi) is 417. The SMILES string of the molecule is [Cr].[Nb].[Si].[Ta].[Ti].[W].[Zr]. The Balaban J connectivity index is 0. The van der Waals surface area contributed by atoms with E-state index in [1.807, 2.05) is 0 Å². The second-order valence-electron chi connectivity index (χ2n) is 0. The van der Waals surface area contributed by atoms with Crippen LogP contribution in [0.15, 0.2) is 0 Å². The summed E-state index contributed by atoms with van der Waals surface area (Å²) >= 11 is 0. The predicted molar refractivity (Wildman–Crippen MR) is 5.75 cm³/mol. The van der Waals surface area contributed by atoms with Crippen LogP contribution in [0.5, 0.6) is 0 Å². The molecule has 0 aromatic rings. The van der Waals surface area contributed by atoms with E-state index < -0.39 is 0 Å². The molecule has 0 aliphatic carbocycles. The molecule has 0 amide bonds. The molecule has 7 heavy (non-hydrogen) atoms. The quantitative estimate of drug-likeness (QED) is 0.307. The van der Waals surface area contributed by atoms with Crippen LogP contribution in [0, 0.1) is 0 Å². The number of rotatable bonds is 0. The third-order valence-electron chi connectivity index (χ3n) is 0. The molecular formula is CrNbSiTaTiWZr. The van der Waals surface area contributed by atoms with Crippen LogP contribution >= 0.6 is 0 Å². The van der Waals surface area contributed by atoms with Gasteiger partial charge < -0.3 is 0 Å². The Morgan fingerprint density at radius 3 is 1.00 bits per heavy atom. The van der Waals surface area contributed by atoms with Crippen molar-refractivity contribution >= 4 is 11.0 Å². The van der Waals surface area contributed by atoms with Gasteiger partial charge in [-0.3, -0.25) is 0 Å². The molecular weight excluding hydrogens is 677 g/mol. The molecule has 0 spiro atoms. The van der Waals surface area contributed by atoms with Gasteiger partial charge in [-0.15, -0.1) is 0 Å². The van der Waals surface area contributed by atoms with Crippen molar-refractivity contribution in [3.05, 3.63) is 0 Å². The molecule has 0 unspecified atom stereocenters. The average molecular weight is 677 g/mol. The maximum absolute atomic E-state index is 0. The van der Waals surface area contributed by atoms with E-state index in [9.17, 15) is 0 Å². The van der Waals surface area contributed by atoms with Crippen molar-refractivity contribution in [2.45, 2.75) is 0 Å². The fourth-order valence-electron chi connectivity index (χ4n) is 0.